The van der Waals surface area contributed by atoms with Gasteiger partial charge in [-0.05, 0) is 31.9 Å². The summed E-state index contributed by atoms with van der Waals surface area (Å²) in [4.78, 5) is 18.9. The topological polar surface area (TPSA) is 77.7 Å². The minimum absolute atomic E-state index is 0.0126. The van der Waals surface area contributed by atoms with E-state index < -0.39 is 6.10 Å². The number of carbonyl (C=O) groups excluding carboxylic acids is 1. The molecule has 0 unspecified atom stereocenters. The van der Waals surface area contributed by atoms with E-state index in [-0.39, 0.29) is 11.8 Å². The number of nitrogens with zero attached hydrogens (tertiary/aromatic N) is 3. The Morgan fingerprint density at radius 3 is 2.73 bits per heavy atom. The smallest absolute Gasteiger partial charge is 0.263 e. The number of carbonyl (C=O) groups is 1. The van der Waals surface area contributed by atoms with Gasteiger partial charge < -0.3 is 18.9 Å². The number of piperidine rings is 1. The van der Waals surface area contributed by atoms with Crippen LogP contribution < -0.4 is 4.74 Å². The number of rotatable bonds is 7. The summed E-state index contributed by atoms with van der Waals surface area (Å²) in [6, 6.07) is 9.41. The van der Waals surface area contributed by atoms with Gasteiger partial charge in [0.25, 0.3) is 5.91 Å². The normalized spacial score (nSPS) is 16.5. The molecule has 7 heteroatoms. The van der Waals surface area contributed by atoms with Crippen molar-refractivity contribution in [3.8, 4) is 5.75 Å². The van der Waals surface area contributed by atoms with Gasteiger partial charge in [-0.3, -0.25) is 4.79 Å². The molecule has 0 bridgehead atoms. The summed E-state index contributed by atoms with van der Waals surface area (Å²) in [5.41, 5.74) is 0. The van der Waals surface area contributed by atoms with Crippen LogP contribution in [0.4, 0.5) is 0 Å². The van der Waals surface area contributed by atoms with Crippen LogP contribution >= 0.6 is 0 Å². The lowest BCUT2D eigenvalue weighted by Gasteiger charge is -2.32. The summed E-state index contributed by atoms with van der Waals surface area (Å²) in [7, 11) is 1.65. The zero-order chi connectivity index (χ0) is 18.4. The molecule has 1 fully saturated rings. The largest absolute Gasteiger partial charge is 0.481 e. The third kappa shape index (κ3) is 4.60. The Labute approximate surface area is 153 Å². The van der Waals surface area contributed by atoms with Crippen LogP contribution in [0.2, 0.25) is 0 Å². The molecule has 0 saturated carbocycles. The zero-order valence-electron chi connectivity index (χ0n) is 15.3. The highest BCUT2D eigenvalue weighted by molar-refractivity contribution is 5.81. The van der Waals surface area contributed by atoms with Gasteiger partial charge in [-0.1, -0.05) is 23.4 Å². The van der Waals surface area contributed by atoms with Crippen LogP contribution in [0.3, 0.4) is 0 Å². The number of ether oxygens (including phenoxy) is 2. The molecule has 2 aromatic rings. The van der Waals surface area contributed by atoms with Crippen molar-refractivity contribution in [1.82, 2.24) is 15.0 Å². The molecule has 1 aromatic heterocycles. The fourth-order valence-electron chi connectivity index (χ4n) is 3.09. The van der Waals surface area contributed by atoms with E-state index in [9.17, 15) is 4.79 Å². The molecule has 140 valence electrons. The van der Waals surface area contributed by atoms with Gasteiger partial charge in [0.2, 0.25) is 5.89 Å². The van der Waals surface area contributed by atoms with Crippen molar-refractivity contribution in [2.75, 3.05) is 26.8 Å². The second-order valence-corrected chi connectivity index (χ2v) is 6.46. The van der Waals surface area contributed by atoms with Crippen LogP contribution in [-0.2, 0) is 16.0 Å². The lowest BCUT2D eigenvalue weighted by molar-refractivity contribution is -0.139. The standard InChI is InChI=1S/C19H25N3O4/c1-14(25-16-6-4-3-5-7-16)19(23)22-11-8-15(9-12-22)18-20-17(21-26-18)10-13-24-2/h3-7,14-15H,8-13H2,1-2H3/t14-/m1/s1. The Morgan fingerprint density at radius 1 is 1.31 bits per heavy atom. The molecular formula is C19H25N3O4. The van der Waals surface area contributed by atoms with Gasteiger partial charge in [-0.2, -0.15) is 4.98 Å². The molecule has 26 heavy (non-hydrogen) atoms. The Morgan fingerprint density at radius 2 is 2.04 bits per heavy atom. The van der Waals surface area contributed by atoms with Crippen molar-refractivity contribution >= 4 is 5.91 Å². The number of likely N-dealkylation sites (tertiary alicyclic amines) is 1. The predicted octanol–water partition coefficient (Wildman–Crippen LogP) is 2.43. The molecule has 3 rings (SSSR count). The maximum atomic E-state index is 12.6. The van der Waals surface area contributed by atoms with Crippen molar-refractivity contribution in [2.24, 2.45) is 0 Å². The van der Waals surface area contributed by atoms with E-state index in [4.69, 9.17) is 14.0 Å². The summed E-state index contributed by atoms with van der Waals surface area (Å²) in [6.45, 7) is 3.70. The Hall–Kier alpha value is -2.41. The minimum atomic E-state index is -0.502. The van der Waals surface area contributed by atoms with Crippen LogP contribution in [0.25, 0.3) is 0 Å². The van der Waals surface area contributed by atoms with Crippen LogP contribution in [0.5, 0.6) is 5.75 Å². The molecule has 0 radical (unpaired) electrons. The highest BCUT2D eigenvalue weighted by Gasteiger charge is 2.30. The molecule has 2 heterocycles. The fraction of sp³-hybridized carbons (Fsp3) is 0.526. The second-order valence-electron chi connectivity index (χ2n) is 6.46. The SMILES string of the molecule is COCCc1noc(C2CCN(C(=O)[C@@H](C)Oc3ccccc3)CC2)n1. The predicted molar refractivity (Wildman–Crippen MR) is 95.0 cm³/mol. The first kappa shape index (κ1) is 18.4. The van der Waals surface area contributed by atoms with Crippen molar-refractivity contribution in [3.63, 3.8) is 0 Å². The van der Waals surface area contributed by atoms with E-state index in [1.807, 2.05) is 35.2 Å². The number of para-hydroxylation sites is 1. The number of hydrogen-bond acceptors (Lipinski definition) is 6. The zero-order valence-corrected chi connectivity index (χ0v) is 15.3. The van der Waals surface area contributed by atoms with E-state index >= 15 is 0 Å². The molecule has 0 N–H and O–H groups in total. The lowest BCUT2D eigenvalue weighted by atomic mass is 9.96. The number of benzene rings is 1. The molecular weight excluding hydrogens is 334 g/mol. The maximum absolute atomic E-state index is 12.6. The van der Waals surface area contributed by atoms with Crippen LogP contribution in [-0.4, -0.2) is 53.9 Å². The van der Waals surface area contributed by atoms with Gasteiger partial charge in [-0.25, -0.2) is 0 Å². The van der Waals surface area contributed by atoms with E-state index in [0.29, 0.717) is 43.6 Å². The summed E-state index contributed by atoms with van der Waals surface area (Å²) >= 11 is 0. The number of amides is 1. The first-order chi connectivity index (χ1) is 12.7. The van der Waals surface area contributed by atoms with Crippen molar-refractivity contribution < 1.29 is 18.8 Å². The van der Waals surface area contributed by atoms with E-state index in [1.165, 1.54) is 0 Å². The van der Waals surface area contributed by atoms with E-state index in [0.717, 1.165) is 12.8 Å². The third-order valence-electron chi connectivity index (χ3n) is 4.57. The summed E-state index contributed by atoms with van der Waals surface area (Å²) < 4.78 is 16.1. The Bertz CT molecular complexity index is 696. The van der Waals surface area contributed by atoms with Crippen LogP contribution in [0.1, 0.15) is 37.4 Å². The molecule has 1 aliphatic rings. The monoisotopic (exact) mass is 359 g/mol. The molecule has 0 spiro atoms. The molecule has 1 saturated heterocycles. The minimum Gasteiger partial charge on any atom is -0.481 e. The Kier molecular flexibility index (Phi) is 6.22. The van der Waals surface area contributed by atoms with E-state index in [1.54, 1.807) is 14.0 Å². The average Bonchev–Trinajstić information content (AvgIpc) is 3.15. The number of methoxy groups -OCH3 is 1. The molecule has 1 aromatic carbocycles. The highest BCUT2D eigenvalue weighted by Crippen LogP contribution is 2.27. The van der Waals surface area contributed by atoms with E-state index in [2.05, 4.69) is 10.1 Å². The van der Waals surface area contributed by atoms with Crippen LogP contribution in [0.15, 0.2) is 34.9 Å². The molecule has 1 atom stereocenters. The molecule has 7 nitrogen and oxygen atoms in total. The summed E-state index contributed by atoms with van der Waals surface area (Å²) in [5.74, 6) is 2.26. The quantitative estimate of drug-likeness (QED) is 0.756. The van der Waals surface area contributed by atoms with Gasteiger partial charge in [-0.15, -0.1) is 0 Å². The highest BCUT2D eigenvalue weighted by atomic mass is 16.5. The summed E-state index contributed by atoms with van der Waals surface area (Å²) in [5, 5.41) is 3.99. The second kappa shape index (κ2) is 8.80. The Balaban J connectivity index is 1.49. The first-order valence-electron chi connectivity index (χ1n) is 8.99. The van der Waals surface area contributed by atoms with Gasteiger partial charge in [0, 0.05) is 32.5 Å². The van der Waals surface area contributed by atoms with Crippen molar-refractivity contribution in [1.29, 1.82) is 0 Å². The third-order valence-corrected chi connectivity index (χ3v) is 4.57. The summed E-state index contributed by atoms with van der Waals surface area (Å²) in [6.07, 6.45) is 1.77. The molecule has 0 aliphatic carbocycles. The maximum Gasteiger partial charge on any atom is 0.263 e. The van der Waals surface area contributed by atoms with Gasteiger partial charge in [0.15, 0.2) is 11.9 Å². The van der Waals surface area contributed by atoms with Crippen molar-refractivity contribution in [3.05, 3.63) is 42.0 Å². The lowest BCUT2D eigenvalue weighted by Crippen LogP contribution is -2.44. The van der Waals surface area contributed by atoms with Gasteiger partial charge in [0.05, 0.1) is 6.61 Å². The molecule has 1 amide bonds. The van der Waals surface area contributed by atoms with Crippen LogP contribution in [0, 0.1) is 0 Å². The van der Waals surface area contributed by atoms with Crippen molar-refractivity contribution in [2.45, 2.75) is 38.2 Å². The van der Waals surface area contributed by atoms with Gasteiger partial charge in [0.1, 0.15) is 5.75 Å². The number of hydrogen-bond donors (Lipinski definition) is 0. The average molecular weight is 359 g/mol. The number of aromatic nitrogens is 2. The fourth-order valence-corrected chi connectivity index (χ4v) is 3.09. The van der Waals surface area contributed by atoms with Gasteiger partial charge >= 0.3 is 0 Å². The molecule has 1 aliphatic heterocycles. The first-order valence-corrected chi connectivity index (χ1v) is 8.99.